The standard InChI is InChI=1S/Mo.H3O3P/c;1-4(2)3/h;4H,(H2,1,2,3). The van der Waals surface area contributed by atoms with Crippen molar-refractivity contribution in [2.45, 2.75) is 0 Å². The maximum Gasteiger partial charge on any atom is 0.314 e. The van der Waals surface area contributed by atoms with Crippen LogP contribution in [0.25, 0.3) is 0 Å². The summed E-state index contributed by atoms with van der Waals surface area (Å²) >= 11 is 0. The second-order valence-corrected chi connectivity index (χ2v) is 0.848. The van der Waals surface area contributed by atoms with Crippen molar-refractivity contribution in [1.29, 1.82) is 0 Å². The molecule has 0 bridgehead atoms. The van der Waals surface area contributed by atoms with Gasteiger partial charge < -0.3 is 9.79 Å². The fraction of sp³-hybridized carbons (Fsp3) is 0. The molecule has 0 aliphatic rings. The summed E-state index contributed by atoms with van der Waals surface area (Å²) < 4.78 is 8.74. The van der Waals surface area contributed by atoms with E-state index in [9.17, 15) is 0 Å². The molecular weight excluding hydrogens is 175 g/mol. The molecule has 0 amide bonds. The Kier molecular flexibility index (Phi) is 8.98. The first kappa shape index (κ1) is 9.28. The minimum atomic E-state index is -3.13. The third-order valence-electron chi connectivity index (χ3n) is 0. The van der Waals surface area contributed by atoms with Crippen molar-refractivity contribution in [3.63, 3.8) is 0 Å². The summed E-state index contributed by atoms with van der Waals surface area (Å²) in [6.45, 7) is 0. The second kappa shape index (κ2) is 4.84. The molecule has 0 heterocycles. The zero-order valence-corrected chi connectivity index (χ0v) is 5.22. The van der Waals surface area contributed by atoms with Gasteiger partial charge >= 0.3 is 8.25 Å². The van der Waals surface area contributed by atoms with Crippen LogP contribution in [0.4, 0.5) is 0 Å². The third kappa shape index (κ3) is 55.5. The molecule has 0 rings (SSSR count). The van der Waals surface area contributed by atoms with E-state index in [4.69, 9.17) is 14.4 Å². The Balaban J connectivity index is 0. The Morgan fingerprint density at radius 3 is 1.40 bits per heavy atom. The van der Waals surface area contributed by atoms with Gasteiger partial charge in [-0.3, -0.25) is 4.57 Å². The molecule has 5 heavy (non-hydrogen) atoms. The van der Waals surface area contributed by atoms with E-state index in [1.54, 1.807) is 0 Å². The molecule has 0 spiro atoms. The maximum absolute atomic E-state index is 8.74. The van der Waals surface area contributed by atoms with Crippen molar-refractivity contribution >= 4 is 8.25 Å². The van der Waals surface area contributed by atoms with Crippen LogP contribution in [0.3, 0.4) is 0 Å². The molecule has 0 saturated heterocycles. The molecule has 3 nitrogen and oxygen atoms in total. The molecule has 0 aromatic carbocycles. The van der Waals surface area contributed by atoms with Gasteiger partial charge in [0.25, 0.3) is 0 Å². The van der Waals surface area contributed by atoms with Crippen molar-refractivity contribution in [2.75, 3.05) is 0 Å². The largest absolute Gasteiger partial charge is 0.326 e. The molecule has 2 N–H and O–H groups in total. The molecule has 0 fully saturated rings. The van der Waals surface area contributed by atoms with Gasteiger partial charge in [-0.15, -0.1) is 0 Å². The van der Waals surface area contributed by atoms with Gasteiger partial charge in [-0.2, -0.15) is 0 Å². The van der Waals surface area contributed by atoms with Crippen LogP contribution in [0.1, 0.15) is 0 Å². The number of rotatable bonds is 0. The Labute approximate surface area is 44.2 Å². The smallest absolute Gasteiger partial charge is 0.314 e. The Morgan fingerprint density at radius 1 is 1.40 bits per heavy atom. The number of hydrogen-bond donors (Lipinski definition) is 2. The van der Waals surface area contributed by atoms with E-state index in [0.717, 1.165) is 0 Å². The van der Waals surface area contributed by atoms with Crippen molar-refractivity contribution in [3.05, 3.63) is 0 Å². The van der Waals surface area contributed by atoms with E-state index < -0.39 is 8.25 Å². The molecule has 0 aromatic rings. The summed E-state index contributed by atoms with van der Waals surface area (Å²) in [5.41, 5.74) is 0. The minimum Gasteiger partial charge on any atom is -0.326 e. The fourth-order valence-corrected chi connectivity index (χ4v) is 0. The normalized spacial score (nSPS) is 7.00. The summed E-state index contributed by atoms with van der Waals surface area (Å²) in [6, 6.07) is 0. The molecule has 0 radical (unpaired) electrons. The van der Waals surface area contributed by atoms with E-state index in [2.05, 4.69) is 0 Å². The average Bonchev–Trinajstić information content (AvgIpc) is 0.811. The van der Waals surface area contributed by atoms with Crippen molar-refractivity contribution < 1.29 is 35.4 Å². The van der Waals surface area contributed by atoms with Gasteiger partial charge in [-0.25, -0.2) is 0 Å². The first-order chi connectivity index (χ1) is 1.73. The Hall–Kier alpha value is 0.838. The van der Waals surface area contributed by atoms with Gasteiger partial charge in [0.1, 0.15) is 0 Å². The van der Waals surface area contributed by atoms with E-state index in [1.807, 2.05) is 0 Å². The van der Waals surface area contributed by atoms with Gasteiger partial charge in [0.05, 0.1) is 0 Å². The van der Waals surface area contributed by atoms with Crippen LogP contribution in [0.2, 0.25) is 0 Å². The van der Waals surface area contributed by atoms with Gasteiger partial charge in [0, 0.05) is 21.1 Å². The quantitative estimate of drug-likeness (QED) is 0.383. The molecule has 0 saturated carbocycles. The molecule has 0 aliphatic carbocycles. The van der Waals surface area contributed by atoms with Crippen LogP contribution in [0.5, 0.6) is 0 Å². The summed E-state index contributed by atoms with van der Waals surface area (Å²) in [7, 11) is -3.13. The van der Waals surface area contributed by atoms with E-state index in [0.29, 0.717) is 0 Å². The average molecular weight is 178 g/mol. The second-order valence-electron chi connectivity index (χ2n) is 0.283. The van der Waals surface area contributed by atoms with E-state index >= 15 is 0 Å². The van der Waals surface area contributed by atoms with Crippen LogP contribution < -0.4 is 0 Å². The minimum absolute atomic E-state index is 0. The molecule has 5 heteroatoms. The molecule has 0 atom stereocenters. The molecule has 0 aliphatic heterocycles. The maximum atomic E-state index is 8.74. The van der Waals surface area contributed by atoms with Crippen molar-refractivity contribution in [3.8, 4) is 0 Å². The monoisotopic (exact) mass is 180 g/mol. The number of hydrogen-bond acceptors (Lipinski definition) is 1. The van der Waals surface area contributed by atoms with Crippen LogP contribution in [0.15, 0.2) is 0 Å². The topological polar surface area (TPSA) is 57.5 Å². The van der Waals surface area contributed by atoms with Gasteiger partial charge in [-0.1, -0.05) is 0 Å². The van der Waals surface area contributed by atoms with Crippen molar-refractivity contribution in [2.24, 2.45) is 0 Å². The molecule has 0 unspecified atom stereocenters. The van der Waals surface area contributed by atoms with E-state index in [1.165, 1.54) is 0 Å². The summed E-state index contributed by atoms with van der Waals surface area (Å²) in [4.78, 5) is 14.3. The predicted molar refractivity (Wildman–Crippen MR) is 13.4 cm³/mol. The first-order valence-electron chi connectivity index (χ1n) is 0.651. The van der Waals surface area contributed by atoms with Crippen molar-refractivity contribution in [1.82, 2.24) is 0 Å². The van der Waals surface area contributed by atoms with Crippen LogP contribution in [0, 0.1) is 0 Å². The van der Waals surface area contributed by atoms with Crippen LogP contribution in [-0.2, 0) is 25.6 Å². The van der Waals surface area contributed by atoms with E-state index in [-0.39, 0.29) is 21.1 Å². The summed E-state index contributed by atoms with van der Waals surface area (Å²) in [5.74, 6) is 0. The zero-order valence-electron chi connectivity index (χ0n) is 2.21. The van der Waals surface area contributed by atoms with Gasteiger partial charge in [0.2, 0.25) is 0 Å². The molecule has 32 valence electrons. The van der Waals surface area contributed by atoms with Gasteiger partial charge in [0.15, 0.2) is 0 Å². The van der Waals surface area contributed by atoms with Crippen LogP contribution in [-0.4, -0.2) is 9.79 Å². The first-order valence-corrected chi connectivity index (χ1v) is 1.95. The van der Waals surface area contributed by atoms with Gasteiger partial charge in [-0.05, 0) is 0 Å². The Morgan fingerprint density at radius 2 is 1.40 bits per heavy atom. The van der Waals surface area contributed by atoms with Crippen LogP contribution >= 0.6 is 8.25 Å². The zero-order chi connectivity index (χ0) is 3.58. The third-order valence-corrected chi connectivity index (χ3v) is 0. The Bertz CT molecular complexity index is 29.9. The fourth-order valence-electron chi connectivity index (χ4n) is 0. The summed E-state index contributed by atoms with van der Waals surface area (Å²) in [6.07, 6.45) is 0. The predicted octanol–water partition coefficient (Wildman–Crippen LogP) is -0.642. The SMILES string of the molecule is O=[PH](O)O.[Mo]. The molecule has 0 aromatic heterocycles. The molecular formula is H3MoO3P. The summed E-state index contributed by atoms with van der Waals surface area (Å²) in [5, 5.41) is 0.